The van der Waals surface area contributed by atoms with Gasteiger partial charge in [0.05, 0.1) is 22.1 Å². The van der Waals surface area contributed by atoms with Crippen LogP contribution >= 0.6 is 15.9 Å². The molecule has 0 saturated heterocycles. The van der Waals surface area contributed by atoms with E-state index in [1.165, 1.54) is 25.2 Å². The summed E-state index contributed by atoms with van der Waals surface area (Å²) in [4.78, 5) is 21.9. The highest BCUT2D eigenvalue weighted by atomic mass is 79.9. The minimum atomic E-state index is -4.04. The van der Waals surface area contributed by atoms with Crippen molar-refractivity contribution < 1.29 is 18.1 Å². The third kappa shape index (κ3) is 4.62. The second kappa shape index (κ2) is 7.72. The van der Waals surface area contributed by atoms with Gasteiger partial charge in [0.15, 0.2) is 0 Å². The largest absolute Gasteiger partial charge is 0.324 e. The zero-order valence-corrected chi connectivity index (χ0v) is 15.5. The molecule has 1 amide bonds. The summed E-state index contributed by atoms with van der Waals surface area (Å²) in [5.74, 6) is -0.539. The summed E-state index contributed by atoms with van der Waals surface area (Å²) >= 11 is 3.28. The summed E-state index contributed by atoms with van der Waals surface area (Å²) in [6, 6.07) is 11.6. The Labute approximate surface area is 152 Å². The smallest absolute Gasteiger partial charge is 0.270 e. The number of para-hydroxylation sites is 1. The van der Waals surface area contributed by atoms with E-state index >= 15 is 0 Å². The van der Waals surface area contributed by atoms with Crippen LogP contribution in [0.15, 0.2) is 57.9 Å². The summed E-state index contributed by atoms with van der Waals surface area (Å²) in [6.07, 6.45) is 0. The van der Waals surface area contributed by atoms with Gasteiger partial charge in [0.1, 0.15) is 0 Å². The predicted molar refractivity (Wildman–Crippen MR) is 95.7 cm³/mol. The Balaban J connectivity index is 2.15. The van der Waals surface area contributed by atoms with Crippen LogP contribution in [0.2, 0.25) is 0 Å². The summed E-state index contributed by atoms with van der Waals surface area (Å²) in [7, 11) is -2.81. The van der Waals surface area contributed by atoms with Crippen LogP contribution in [0.4, 0.5) is 11.4 Å². The van der Waals surface area contributed by atoms with E-state index in [1.54, 1.807) is 24.3 Å². The second-order valence-corrected chi connectivity index (χ2v) is 7.94. The molecule has 2 aromatic carbocycles. The van der Waals surface area contributed by atoms with E-state index in [-0.39, 0.29) is 10.6 Å². The summed E-state index contributed by atoms with van der Waals surface area (Å²) < 4.78 is 26.4. The number of hydrogen-bond donors (Lipinski definition) is 1. The van der Waals surface area contributed by atoms with Crippen LogP contribution < -0.4 is 5.32 Å². The quantitative estimate of drug-likeness (QED) is 0.562. The number of nitro groups is 1. The predicted octanol–water partition coefficient (Wildman–Crippen LogP) is 2.62. The van der Waals surface area contributed by atoms with Crippen molar-refractivity contribution >= 4 is 43.2 Å². The van der Waals surface area contributed by atoms with Gasteiger partial charge in [0.25, 0.3) is 5.69 Å². The average Bonchev–Trinajstić information content (AvgIpc) is 2.57. The van der Waals surface area contributed by atoms with Crippen LogP contribution in [0.3, 0.4) is 0 Å². The number of benzene rings is 2. The molecule has 8 nitrogen and oxygen atoms in total. The minimum absolute atomic E-state index is 0.252. The van der Waals surface area contributed by atoms with Crippen molar-refractivity contribution in [3.05, 3.63) is 63.1 Å². The molecule has 10 heteroatoms. The maximum atomic E-state index is 12.5. The Kier molecular flexibility index (Phi) is 5.88. The van der Waals surface area contributed by atoms with E-state index in [2.05, 4.69) is 21.2 Å². The standard InChI is InChI=1S/C15H14BrN3O5S/c1-18(10-15(20)17-14-8-3-2-7-13(14)16)25(23,24)12-6-4-5-11(9-12)19(21)22/h2-9H,10H2,1H3,(H,17,20). The molecule has 1 N–H and O–H groups in total. The monoisotopic (exact) mass is 427 g/mol. The number of hydrogen-bond acceptors (Lipinski definition) is 5. The minimum Gasteiger partial charge on any atom is -0.324 e. The van der Waals surface area contributed by atoms with Gasteiger partial charge in [0, 0.05) is 23.7 Å². The maximum Gasteiger partial charge on any atom is 0.270 e. The summed E-state index contributed by atoms with van der Waals surface area (Å²) in [5, 5.41) is 13.4. The first-order valence-corrected chi connectivity index (χ1v) is 9.20. The van der Waals surface area contributed by atoms with Gasteiger partial charge in [-0.15, -0.1) is 0 Å². The molecule has 0 fully saturated rings. The molecule has 2 rings (SSSR count). The lowest BCUT2D eigenvalue weighted by Gasteiger charge is -2.17. The highest BCUT2D eigenvalue weighted by Crippen LogP contribution is 2.22. The molecule has 0 unspecified atom stereocenters. The van der Waals surface area contributed by atoms with Gasteiger partial charge in [-0.3, -0.25) is 14.9 Å². The number of likely N-dealkylation sites (N-methyl/N-ethyl adjacent to an activating group) is 1. The molecule has 0 aliphatic rings. The van der Waals surface area contributed by atoms with Gasteiger partial charge in [-0.2, -0.15) is 4.31 Å². The zero-order valence-electron chi connectivity index (χ0n) is 13.0. The number of rotatable bonds is 6. The number of carbonyl (C=O) groups is 1. The number of nitro benzene ring substituents is 1. The Morgan fingerprint density at radius 2 is 1.92 bits per heavy atom. The van der Waals surface area contributed by atoms with Gasteiger partial charge in [-0.25, -0.2) is 8.42 Å². The van der Waals surface area contributed by atoms with Gasteiger partial charge in [0.2, 0.25) is 15.9 Å². The van der Waals surface area contributed by atoms with Crippen molar-refractivity contribution in [1.82, 2.24) is 4.31 Å². The molecule has 0 saturated carbocycles. The first kappa shape index (κ1) is 19.0. The van der Waals surface area contributed by atoms with Crippen LogP contribution in [-0.2, 0) is 14.8 Å². The molecule has 132 valence electrons. The van der Waals surface area contributed by atoms with E-state index < -0.39 is 27.4 Å². The Hall–Kier alpha value is -2.30. The van der Waals surface area contributed by atoms with Crippen LogP contribution in [0, 0.1) is 10.1 Å². The number of nitrogens with one attached hydrogen (secondary N) is 1. The van der Waals surface area contributed by atoms with E-state index in [0.717, 1.165) is 10.4 Å². The number of sulfonamides is 1. The molecule has 25 heavy (non-hydrogen) atoms. The topological polar surface area (TPSA) is 110 Å². The van der Waals surface area contributed by atoms with Crippen LogP contribution in [-0.4, -0.2) is 37.1 Å². The van der Waals surface area contributed by atoms with Gasteiger partial charge in [-0.05, 0) is 34.1 Å². The Morgan fingerprint density at radius 3 is 2.56 bits per heavy atom. The lowest BCUT2D eigenvalue weighted by Crippen LogP contribution is -2.35. The first-order chi connectivity index (χ1) is 11.7. The van der Waals surface area contributed by atoms with Gasteiger partial charge in [-0.1, -0.05) is 18.2 Å². The van der Waals surface area contributed by atoms with E-state index in [4.69, 9.17) is 0 Å². The van der Waals surface area contributed by atoms with E-state index in [9.17, 15) is 23.3 Å². The fourth-order valence-corrected chi connectivity index (χ4v) is 3.53. The molecule has 2 aromatic rings. The molecular weight excluding hydrogens is 414 g/mol. The maximum absolute atomic E-state index is 12.5. The zero-order chi connectivity index (χ0) is 18.6. The number of anilines is 1. The molecule has 0 aliphatic heterocycles. The van der Waals surface area contributed by atoms with Crippen LogP contribution in [0.5, 0.6) is 0 Å². The average molecular weight is 428 g/mol. The highest BCUT2D eigenvalue weighted by molar-refractivity contribution is 9.10. The van der Waals surface area contributed by atoms with Crippen molar-refractivity contribution in [3.8, 4) is 0 Å². The molecule has 0 bridgehead atoms. The van der Waals surface area contributed by atoms with Gasteiger partial charge < -0.3 is 5.32 Å². The number of non-ortho nitro benzene ring substituents is 1. The van der Waals surface area contributed by atoms with Crippen LogP contribution in [0.25, 0.3) is 0 Å². The van der Waals surface area contributed by atoms with Crippen molar-refractivity contribution in [2.45, 2.75) is 4.90 Å². The first-order valence-electron chi connectivity index (χ1n) is 6.97. The molecule has 0 aromatic heterocycles. The molecule has 0 heterocycles. The SMILES string of the molecule is CN(CC(=O)Nc1ccccc1Br)S(=O)(=O)c1cccc([N+](=O)[O-])c1. The van der Waals surface area contributed by atoms with Crippen molar-refractivity contribution in [2.24, 2.45) is 0 Å². The normalized spacial score (nSPS) is 11.3. The third-order valence-corrected chi connectivity index (χ3v) is 5.74. The fraction of sp³-hybridized carbons (Fsp3) is 0.133. The summed E-state index contributed by atoms with van der Waals surface area (Å²) in [6.45, 7) is -0.438. The summed E-state index contributed by atoms with van der Waals surface area (Å²) in [5.41, 5.74) is 0.167. The molecule has 0 radical (unpaired) electrons. The van der Waals surface area contributed by atoms with Crippen molar-refractivity contribution in [1.29, 1.82) is 0 Å². The van der Waals surface area contributed by atoms with E-state index in [1.807, 2.05) is 0 Å². The lowest BCUT2D eigenvalue weighted by molar-refractivity contribution is -0.385. The third-order valence-electron chi connectivity index (χ3n) is 3.25. The van der Waals surface area contributed by atoms with Crippen molar-refractivity contribution in [3.63, 3.8) is 0 Å². The Morgan fingerprint density at radius 1 is 1.24 bits per heavy atom. The van der Waals surface area contributed by atoms with Crippen LogP contribution in [0.1, 0.15) is 0 Å². The van der Waals surface area contributed by atoms with E-state index in [0.29, 0.717) is 10.2 Å². The van der Waals surface area contributed by atoms with Gasteiger partial charge >= 0.3 is 0 Å². The Bertz CT molecular complexity index is 917. The lowest BCUT2D eigenvalue weighted by atomic mass is 10.3. The number of nitrogens with zero attached hydrogens (tertiary/aromatic N) is 2. The second-order valence-electron chi connectivity index (χ2n) is 5.04. The number of amides is 1. The highest BCUT2D eigenvalue weighted by Gasteiger charge is 2.24. The fourth-order valence-electron chi connectivity index (χ4n) is 1.98. The molecule has 0 atom stereocenters. The van der Waals surface area contributed by atoms with Crippen molar-refractivity contribution in [2.75, 3.05) is 18.9 Å². The molecule has 0 spiro atoms. The number of carbonyl (C=O) groups excluding carboxylic acids is 1. The molecule has 0 aliphatic carbocycles. The number of halogens is 1. The molecular formula is C15H14BrN3O5S.